The van der Waals surface area contributed by atoms with Gasteiger partial charge in [-0.1, -0.05) is 12.1 Å². The topological polar surface area (TPSA) is 101 Å². The van der Waals surface area contributed by atoms with Gasteiger partial charge in [0.25, 0.3) is 10.1 Å². The Morgan fingerprint density at radius 1 is 1.12 bits per heavy atom. The molecule has 7 heteroatoms. The molecule has 0 saturated heterocycles. The standard InChI is InChI=1S/C19H20O6S/c1-19(21)12-2-3-17(19)13-4-6-14(7-5-13)18(20)25-15-8-10-16(11-9-15)26(22,23)24/h4-11,17,21H,2-3,12H2,1H3,(H,22,23,24). The number of aliphatic hydroxyl groups is 1. The van der Waals surface area contributed by atoms with E-state index in [2.05, 4.69) is 0 Å². The molecular weight excluding hydrogens is 356 g/mol. The Balaban J connectivity index is 1.70. The zero-order valence-corrected chi connectivity index (χ0v) is 15.1. The van der Waals surface area contributed by atoms with E-state index in [4.69, 9.17) is 9.29 Å². The SMILES string of the molecule is CC1(O)CCCC1c1ccc(C(=O)Oc2ccc(S(=O)(=O)O)cc2)cc1. The first-order valence-corrected chi connectivity index (χ1v) is 9.73. The van der Waals surface area contributed by atoms with Gasteiger partial charge in [-0.05, 0) is 68.1 Å². The van der Waals surface area contributed by atoms with Crippen LogP contribution in [0.2, 0.25) is 0 Å². The molecule has 2 N–H and O–H groups in total. The van der Waals surface area contributed by atoms with Crippen molar-refractivity contribution in [3.63, 3.8) is 0 Å². The number of ether oxygens (including phenoxy) is 1. The van der Waals surface area contributed by atoms with Crippen LogP contribution in [0.25, 0.3) is 0 Å². The molecule has 0 bridgehead atoms. The Kier molecular flexibility index (Phi) is 4.88. The first-order chi connectivity index (χ1) is 12.2. The van der Waals surface area contributed by atoms with E-state index in [1.807, 2.05) is 19.1 Å². The number of rotatable bonds is 4. The van der Waals surface area contributed by atoms with Gasteiger partial charge in [-0.25, -0.2) is 4.79 Å². The number of hydrogen-bond acceptors (Lipinski definition) is 5. The predicted molar refractivity (Wildman–Crippen MR) is 94.9 cm³/mol. The molecule has 0 radical (unpaired) electrons. The van der Waals surface area contributed by atoms with Crippen molar-refractivity contribution in [1.29, 1.82) is 0 Å². The van der Waals surface area contributed by atoms with Crippen LogP contribution < -0.4 is 4.74 Å². The average Bonchev–Trinajstić information content (AvgIpc) is 2.94. The van der Waals surface area contributed by atoms with Gasteiger partial charge in [-0.2, -0.15) is 8.42 Å². The van der Waals surface area contributed by atoms with Gasteiger partial charge in [-0.15, -0.1) is 0 Å². The number of hydrogen-bond donors (Lipinski definition) is 2. The summed E-state index contributed by atoms with van der Waals surface area (Å²) in [6.07, 6.45) is 2.65. The fraction of sp³-hybridized carbons (Fsp3) is 0.316. The molecule has 138 valence electrons. The smallest absolute Gasteiger partial charge is 0.343 e. The highest BCUT2D eigenvalue weighted by atomic mass is 32.2. The molecule has 0 spiro atoms. The van der Waals surface area contributed by atoms with Crippen molar-refractivity contribution < 1.29 is 27.6 Å². The van der Waals surface area contributed by atoms with Crippen LogP contribution in [-0.4, -0.2) is 29.6 Å². The van der Waals surface area contributed by atoms with E-state index in [-0.39, 0.29) is 16.6 Å². The predicted octanol–water partition coefficient (Wildman–Crippen LogP) is 3.17. The van der Waals surface area contributed by atoms with Gasteiger partial charge in [0.2, 0.25) is 0 Å². The van der Waals surface area contributed by atoms with Crippen LogP contribution in [0, 0.1) is 0 Å². The van der Waals surface area contributed by atoms with Crippen LogP contribution in [0.3, 0.4) is 0 Å². The van der Waals surface area contributed by atoms with Crippen LogP contribution in [0.15, 0.2) is 53.4 Å². The van der Waals surface area contributed by atoms with Crippen LogP contribution in [0.4, 0.5) is 0 Å². The van der Waals surface area contributed by atoms with Crippen molar-refractivity contribution in [2.45, 2.75) is 42.6 Å². The third-order valence-electron chi connectivity index (χ3n) is 4.81. The highest BCUT2D eigenvalue weighted by Gasteiger charge is 2.37. The molecule has 1 saturated carbocycles. The normalized spacial score (nSPS) is 23.0. The zero-order chi connectivity index (χ0) is 18.9. The molecule has 6 nitrogen and oxygen atoms in total. The lowest BCUT2D eigenvalue weighted by molar-refractivity contribution is 0.0497. The minimum Gasteiger partial charge on any atom is -0.423 e. The van der Waals surface area contributed by atoms with E-state index < -0.39 is 21.7 Å². The molecule has 1 aliphatic rings. The first kappa shape index (κ1) is 18.6. The number of esters is 1. The highest BCUT2D eigenvalue weighted by molar-refractivity contribution is 7.85. The minimum absolute atomic E-state index is 0.0561. The van der Waals surface area contributed by atoms with Crippen molar-refractivity contribution in [3.8, 4) is 5.75 Å². The van der Waals surface area contributed by atoms with E-state index in [9.17, 15) is 18.3 Å². The van der Waals surface area contributed by atoms with E-state index in [1.54, 1.807) is 12.1 Å². The fourth-order valence-electron chi connectivity index (χ4n) is 3.37. The fourth-order valence-corrected chi connectivity index (χ4v) is 3.85. The summed E-state index contributed by atoms with van der Waals surface area (Å²) < 4.78 is 36.2. The van der Waals surface area contributed by atoms with Gasteiger partial charge >= 0.3 is 5.97 Å². The lowest BCUT2D eigenvalue weighted by atomic mass is 9.86. The third kappa shape index (κ3) is 3.95. The minimum atomic E-state index is -4.28. The quantitative estimate of drug-likeness (QED) is 0.483. The van der Waals surface area contributed by atoms with Crippen LogP contribution in [-0.2, 0) is 10.1 Å². The molecule has 26 heavy (non-hydrogen) atoms. The molecule has 0 heterocycles. The second-order valence-corrected chi connectivity index (χ2v) is 8.18. The van der Waals surface area contributed by atoms with Crippen LogP contribution >= 0.6 is 0 Å². The van der Waals surface area contributed by atoms with Crippen molar-refractivity contribution in [2.75, 3.05) is 0 Å². The van der Waals surface area contributed by atoms with Gasteiger partial charge in [0, 0.05) is 5.92 Å². The summed E-state index contributed by atoms with van der Waals surface area (Å²) in [6, 6.07) is 11.9. The van der Waals surface area contributed by atoms with Gasteiger partial charge in [0.05, 0.1) is 16.1 Å². The van der Waals surface area contributed by atoms with Gasteiger partial charge < -0.3 is 9.84 Å². The van der Waals surface area contributed by atoms with Crippen molar-refractivity contribution in [3.05, 3.63) is 59.7 Å². The molecule has 2 aromatic carbocycles. The van der Waals surface area contributed by atoms with E-state index in [0.29, 0.717) is 5.56 Å². The lowest BCUT2D eigenvalue weighted by Gasteiger charge is -2.26. The Hall–Kier alpha value is -2.22. The molecule has 0 amide bonds. The zero-order valence-electron chi connectivity index (χ0n) is 14.3. The van der Waals surface area contributed by atoms with E-state index in [1.165, 1.54) is 12.1 Å². The molecule has 1 fully saturated rings. The summed E-state index contributed by atoms with van der Waals surface area (Å²) in [6.45, 7) is 1.84. The van der Waals surface area contributed by atoms with Gasteiger partial charge in [0.15, 0.2) is 0 Å². The van der Waals surface area contributed by atoms with Gasteiger partial charge in [-0.3, -0.25) is 4.55 Å². The summed E-state index contributed by atoms with van der Waals surface area (Å²) >= 11 is 0. The van der Waals surface area contributed by atoms with Crippen LogP contribution in [0.1, 0.15) is 48.0 Å². The summed E-state index contributed by atoms with van der Waals surface area (Å²) in [5, 5.41) is 10.4. The Morgan fingerprint density at radius 3 is 2.23 bits per heavy atom. The molecule has 0 aliphatic heterocycles. The summed E-state index contributed by atoms with van der Waals surface area (Å²) in [5.41, 5.74) is 0.614. The average molecular weight is 376 g/mol. The van der Waals surface area contributed by atoms with E-state index in [0.717, 1.165) is 37.0 Å². The molecule has 2 atom stereocenters. The molecular formula is C19H20O6S. The molecule has 0 aromatic heterocycles. The first-order valence-electron chi connectivity index (χ1n) is 8.29. The summed E-state index contributed by atoms with van der Waals surface area (Å²) in [5.74, 6) is -0.347. The summed E-state index contributed by atoms with van der Waals surface area (Å²) in [4.78, 5) is 11.9. The maximum Gasteiger partial charge on any atom is 0.343 e. The molecule has 2 unspecified atom stereocenters. The van der Waals surface area contributed by atoms with Crippen molar-refractivity contribution in [2.24, 2.45) is 0 Å². The summed E-state index contributed by atoms with van der Waals surface area (Å²) in [7, 11) is -4.28. The Labute approximate surface area is 152 Å². The second kappa shape index (κ2) is 6.83. The Morgan fingerprint density at radius 2 is 1.73 bits per heavy atom. The lowest BCUT2D eigenvalue weighted by Crippen LogP contribution is -2.27. The monoisotopic (exact) mass is 376 g/mol. The molecule has 2 aromatic rings. The third-order valence-corrected chi connectivity index (χ3v) is 5.68. The Bertz CT molecular complexity index is 898. The molecule has 3 rings (SSSR count). The number of benzene rings is 2. The maximum absolute atomic E-state index is 12.2. The van der Waals surface area contributed by atoms with E-state index >= 15 is 0 Å². The van der Waals surface area contributed by atoms with Crippen molar-refractivity contribution in [1.82, 2.24) is 0 Å². The number of carbonyl (C=O) groups is 1. The highest BCUT2D eigenvalue weighted by Crippen LogP contribution is 2.42. The largest absolute Gasteiger partial charge is 0.423 e. The van der Waals surface area contributed by atoms with Crippen LogP contribution in [0.5, 0.6) is 5.75 Å². The van der Waals surface area contributed by atoms with Crippen molar-refractivity contribution >= 4 is 16.1 Å². The molecule has 1 aliphatic carbocycles. The maximum atomic E-state index is 12.2. The van der Waals surface area contributed by atoms with Gasteiger partial charge in [0.1, 0.15) is 5.75 Å². The number of carbonyl (C=O) groups excluding carboxylic acids is 1. The second-order valence-electron chi connectivity index (χ2n) is 6.76.